The molecule has 4 heteroatoms. The van der Waals surface area contributed by atoms with E-state index in [2.05, 4.69) is 4.98 Å². The molecular weight excluding hydrogens is 224 g/mol. The van der Waals surface area contributed by atoms with Gasteiger partial charge in [-0.3, -0.25) is 0 Å². The van der Waals surface area contributed by atoms with Crippen molar-refractivity contribution in [1.82, 2.24) is 4.98 Å². The summed E-state index contributed by atoms with van der Waals surface area (Å²) in [7, 11) is 0. The van der Waals surface area contributed by atoms with Crippen molar-refractivity contribution < 1.29 is 13.5 Å². The Morgan fingerprint density at radius 2 is 2.00 bits per heavy atom. The summed E-state index contributed by atoms with van der Waals surface area (Å²) in [6, 6.07) is 7.20. The van der Waals surface area contributed by atoms with Crippen LogP contribution < -0.4 is 4.74 Å². The molecule has 0 atom stereocenters. The molecule has 0 saturated carbocycles. The molecule has 1 heterocycles. The van der Waals surface area contributed by atoms with Crippen LogP contribution in [0.4, 0.5) is 8.78 Å². The molecule has 1 aromatic heterocycles. The lowest BCUT2D eigenvalue weighted by molar-refractivity contribution is 0.421. The first-order valence-corrected chi connectivity index (χ1v) is 5.02. The maximum absolute atomic E-state index is 13.1. The van der Waals surface area contributed by atoms with Crippen LogP contribution in [-0.2, 0) is 0 Å². The largest absolute Gasteiger partial charge is 0.481 e. The van der Waals surface area contributed by atoms with E-state index >= 15 is 0 Å². The Labute approximate surface area is 97.9 Å². The van der Waals surface area contributed by atoms with E-state index in [0.29, 0.717) is 11.3 Å². The lowest BCUT2D eigenvalue weighted by Gasteiger charge is -2.06. The number of hydrogen-bond acceptors (Lipinski definition) is 2. The minimum absolute atomic E-state index is 0.319. The molecule has 0 bridgehead atoms. The van der Waals surface area contributed by atoms with E-state index in [-0.39, 0.29) is 5.82 Å². The first kappa shape index (κ1) is 11.5. The number of ether oxygens (including phenoxy) is 1. The number of rotatable bonds is 3. The van der Waals surface area contributed by atoms with E-state index < -0.39 is 5.95 Å². The van der Waals surface area contributed by atoms with Gasteiger partial charge in [-0.25, -0.2) is 9.37 Å². The van der Waals surface area contributed by atoms with Crippen LogP contribution in [0.3, 0.4) is 0 Å². The molecule has 0 aliphatic rings. The molecule has 0 spiro atoms. The number of nitrogens with zero attached hydrogens (tertiary/aromatic N) is 1. The molecule has 0 amide bonds. The average molecular weight is 234 g/mol. The third-order valence-corrected chi connectivity index (χ3v) is 2.09. The normalized spacial score (nSPS) is 10.3. The Morgan fingerprint density at radius 1 is 1.18 bits per heavy atom. The molecule has 87 valence electrons. The SMILES string of the molecule is Cc1cc(F)cc([CH]Oc2ccnc(F)c2)c1. The summed E-state index contributed by atoms with van der Waals surface area (Å²) < 4.78 is 31.0. The van der Waals surface area contributed by atoms with Gasteiger partial charge in [0.15, 0.2) is 6.61 Å². The highest BCUT2D eigenvalue weighted by atomic mass is 19.1. The molecule has 0 aliphatic carbocycles. The van der Waals surface area contributed by atoms with E-state index in [0.717, 1.165) is 11.6 Å². The number of aromatic nitrogens is 1. The Balaban J connectivity index is 2.07. The zero-order valence-corrected chi connectivity index (χ0v) is 9.15. The van der Waals surface area contributed by atoms with Crippen molar-refractivity contribution in [2.75, 3.05) is 0 Å². The number of hydrogen-bond donors (Lipinski definition) is 0. The fourth-order valence-electron chi connectivity index (χ4n) is 1.43. The fraction of sp³-hybridized carbons (Fsp3) is 0.0769. The lowest BCUT2D eigenvalue weighted by Crippen LogP contribution is -1.95. The molecule has 2 rings (SSSR count). The minimum Gasteiger partial charge on any atom is -0.481 e. The van der Waals surface area contributed by atoms with Gasteiger partial charge in [0, 0.05) is 12.3 Å². The molecule has 17 heavy (non-hydrogen) atoms. The molecule has 1 aromatic carbocycles. The highest BCUT2D eigenvalue weighted by Crippen LogP contribution is 2.15. The molecule has 0 fully saturated rings. The smallest absolute Gasteiger partial charge is 0.216 e. The summed E-state index contributed by atoms with van der Waals surface area (Å²) in [6.45, 7) is 3.15. The van der Waals surface area contributed by atoms with Gasteiger partial charge in [0.2, 0.25) is 5.95 Å². The standard InChI is InChI=1S/C13H10F2NO/c1-9-4-10(6-11(14)5-9)8-17-12-2-3-16-13(15)7-12/h2-8H,1H3. The molecule has 0 saturated heterocycles. The average Bonchev–Trinajstić information content (AvgIpc) is 2.25. The van der Waals surface area contributed by atoms with Gasteiger partial charge >= 0.3 is 0 Å². The Bertz CT molecular complexity index is 508. The molecule has 0 N–H and O–H groups in total. The van der Waals surface area contributed by atoms with Gasteiger partial charge in [-0.05, 0) is 36.2 Å². The van der Waals surface area contributed by atoms with Crippen molar-refractivity contribution in [2.45, 2.75) is 6.92 Å². The van der Waals surface area contributed by atoms with Crippen molar-refractivity contribution in [3.8, 4) is 5.75 Å². The fourth-order valence-corrected chi connectivity index (χ4v) is 1.43. The lowest BCUT2D eigenvalue weighted by atomic mass is 10.1. The Kier molecular flexibility index (Phi) is 3.32. The van der Waals surface area contributed by atoms with E-state index in [1.54, 1.807) is 13.0 Å². The monoisotopic (exact) mass is 234 g/mol. The predicted octanol–water partition coefficient (Wildman–Crippen LogP) is 3.26. The van der Waals surface area contributed by atoms with Crippen molar-refractivity contribution in [3.63, 3.8) is 0 Å². The zero-order valence-electron chi connectivity index (χ0n) is 9.15. The van der Waals surface area contributed by atoms with Gasteiger partial charge in [-0.1, -0.05) is 6.07 Å². The van der Waals surface area contributed by atoms with Crippen LogP contribution >= 0.6 is 0 Å². The zero-order chi connectivity index (χ0) is 12.3. The molecule has 0 unspecified atom stereocenters. The van der Waals surface area contributed by atoms with Crippen LogP contribution in [0.15, 0.2) is 36.5 Å². The second-order valence-corrected chi connectivity index (χ2v) is 3.61. The summed E-state index contributed by atoms with van der Waals surface area (Å²) in [5, 5.41) is 0. The molecule has 1 radical (unpaired) electrons. The van der Waals surface area contributed by atoms with Crippen LogP contribution in [0.2, 0.25) is 0 Å². The summed E-state index contributed by atoms with van der Waals surface area (Å²) >= 11 is 0. The van der Waals surface area contributed by atoms with Crippen molar-refractivity contribution in [3.05, 3.63) is 66.0 Å². The van der Waals surface area contributed by atoms with Crippen molar-refractivity contribution >= 4 is 0 Å². The van der Waals surface area contributed by atoms with Gasteiger partial charge in [0.05, 0.1) is 0 Å². The predicted molar refractivity (Wildman–Crippen MR) is 59.4 cm³/mol. The van der Waals surface area contributed by atoms with Crippen LogP contribution in [0.5, 0.6) is 5.75 Å². The molecule has 2 nitrogen and oxygen atoms in total. The Hall–Kier alpha value is -1.97. The quantitative estimate of drug-likeness (QED) is 0.760. The first-order chi connectivity index (χ1) is 8.13. The third-order valence-electron chi connectivity index (χ3n) is 2.09. The second kappa shape index (κ2) is 4.91. The summed E-state index contributed by atoms with van der Waals surface area (Å²) in [4.78, 5) is 3.40. The third kappa shape index (κ3) is 3.24. The van der Waals surface area contributed by atoms with Gasteiger partial charge in [-0.15, -0.1) is 0 Å². The van der Waals surface area contributed by atoms with E-state index in [1.165, 1.54) is 31.0 Å². The van der Waals surface area contributed by atoms with E-state index in [9.17, 15) is 8.78 Å². The number of aryl methyl sites for hydroxylation is 1. The van der Waals surface area contributed by atoms with E-state index in [4.69, 9.17) is 4.74 Å². The second-order valence-electron chi connectivity index (χ2n) is 3.61. The summed E-state index contributed by atoms with van der Waals surface area (Å²) in [5.41, 5.74) is 1.38. The van der Waals surface area contributed by atoms with E-state index in [1.807, 2.05) is 0 Å². The van der Waals surface area contributed by atoms with Crippen LogP contribution in [0.1, 0.15) is 11.1 Å². The molecule has 0 aliphatic heterocycles. The highest BCUT2D eigenvalue weighted by molar-refractivity contribution is 5.29. The topological polar surface area (TPSA) is 22.1 Å². The summed E-state index contributed by atoms with van der Waals surface area (Å²) in [5.74, 6) is -0.633. The number of pyridine rings is 1. The van der Waals surface area contributed by atoms with Crippen LogP contribution in [-0.4, -0.2) is 4.98 Å². The number of benzene rings is 1. The minimum atomic E-state index is -0.619. The maximum Gasteiger partial charge on any atom is 0.216 e. The van der Waals surface area contributed by atoms with Crippen molar-refractivity contribution in [1.29, 1.82) is 0 Å². The maximum atomic E-state index is 13.1. The van der Waals surface area contributed by atoms with Gasteiger partial charge in [-0.2, -0.15) is 4.39 Å². The van der Waals surface area contributed by atoms with Gasteiger partial charge in [0.25, 0.3) is 0 Å². The highest BCUT2D eigenvalue weighted by Gasteiger charge is 2.02. The summed E-state index contributed by atoms with van der Waals surface area (Å²) in [6.07, 6.45) is 1.30. The molecule has 2 aromatic rings. The number of halogens is 2. The van der Waals surface area contributed by atoms with Crippen LogP contribution in [0.25, 0.3) is 0 Å². The Morgan fingerprint density at radius 3 is 2.71 bits per heavy atom. The van der Waals surface area contributed by atoms with Gasteiger partial charge in [0.1, 0.15) is 11.6 Å². The first-order valence-electron chi connectivity index (χ1n) is 5.02. The molecular formula is C13H10F2NO. The van der Waals surface area contributed by atoms with Crippen molar-refractivity contribution in [2.24, 2.45) is 0 Å². The van der Waals surface area contributed by atoms with Gasteiger partial charge < -0.3 is 4.74 Å². The van der Waals surface area contributed by atoms with Crippen LogP contribution in [0, 0.1) is 25.3 Å².